The molecule has 0 saturated heterocycles. The molecule has 3 aromatic rings. The fourth-order valence-electron chi connectivity index (χ4n) is 3.36. The first-order valence-electron chi connectivity index (χ1n) is 7.99. The molecule has 2 aromatic heterocycles. The number of ether oxygens (including phenoxy) is 1. The van der Waals surface area contributed by atoms with E-state index in [0.717, 1.165) is 27.9 Å². The fourth-order valence-corrected chi connectivity index (χ4v) is 4.30. The van der Waals surface area contributed by atoms with Gasteiger partial charge >= 0.3 is 0 Å². The summed E-state index contributed by atoms with van der Waals surface area (Å²) in [5.41, 5.74) is 1.86. The predicted octanol–water partition coefficient (Wildman–Crippen LogP) is 3.02. The Morgan fingerprint density at radius 3 is 3.12 bits per heavy atom. The summed E-state index contributed by atoms with van der Waals surface area (Å²) in [5, 5.41) is 3.01. The zero-order chi connectivity index (χ0) is 16.5. The molecule has 1 aliphatic heterocycles. The molecule has 124 valence electrons. The minimum Gasteiger partial charge on any atom is -0.384 e. The molecule has 1 atom stereocenters. The highest BCUT2D eigenvalue weighted by Gasteiger charge is 2.27. The third-order valence-corrected chi connectivity index (χ3v) is 5.45. The maximum Gasteiger partial charge on any atom is 0.255 e. The number of imidazole rings is 1. The van der Waals surface area contributed by atoms with E-state index in [1.807, 2.05) is 41.0 Å². The highest BCUT2D eigenvalue weighted by atomic mass is 32.1. The number of carbonyl (C=O) groups excluding carboxylic acids is 1. The van der Waals surface area contributed by atoms with E-state index in [1.165, 1.54) is 0 Å². The first kappa shape index (κ1) is 15.4. The summed E-state index contributed by atoms with van der Waals surface area (Å²) in [6, 6.07) is 8.07. The first-order valence-corrected chi connectivity index (χ1v) is 8.87. The van der Waals surface area contributed by atoms with Crippen LogP contribution in [-0.2, 0) is 17.8 Å². The van der Waals surface area contributed by atoms with Crippen LogP contribution in [0, 0.1) is 5.92 Å². The Labute approximate surface area is 144 Å². The second-order valence-electron chi connectivity index (χ2n) is 6.19. The van der Waals surface area contributed by atoms with Gasteiger partial charge in [0.1, 0.15) is 0 Å². The van der Waals surface area contributed by atoms with Gasteiger partial charge in [0.2, 0.25) is 0 Å². The maximum absolute atomic E-state index is 13.2. The van der Waals surface area contributed by atoms with Crippen LogP contribution in [-0.4, -0.2) is 40.6 Å². The van der Waals surface area contributed by atoms with Crippen molar-refractivity contribution in [3.05, 3.63) is 53.4 Å². The number of methoxy groups -OCH3 is 1. The van der Waals surface area contributed by atoms with E-state index in [0.29, 0.717) is 19.7 Å². The van der Waals surface area contributed by atoms with Crippen LogP contribution in [0.2, 0.25) is 0 Å². The van der Waals surface area contributed by atoms with Crippen LogP contribution in [0.3, 0.4) is 0 Å². The number of fused-ring (bicyclic) bond motifs is 2. The molecule has 3 heterocycles. The molecule has 0 fully saturated rings. The predicted molar refractivity (Wildman–Crippen MR) is 94.2 cm³/mol. The number of carbonyl (C=O) groups is 1. The molecule has 0 bridgehead atoms. The zero-order valence-electron chi connectivity index (χ0n) is 13.5. The Bertz CT molecular complexity index is 870. The van der Waals surface area contributed by atoms with Gasteiger partial charge in [0.25, 0.3) is 5.91 Å². The van der Waals surface area contributed by atoms with Gasteiger partial charge in [-0.05, 0) is 6.07 Å². The van der Waals surface area contributed by atoms with Crippen molar-refractivity contribution in [1.82, 2.24) is 14.5 Å². The summed E-state index contributed by atoms with van der Waals surface area (Å²) in [4.78, 5) is 19.3. The molecule has 0 aliphatic carbocycles. The highest BCUT2D eigenvalue weighted by molar-refractivity contribution is 7.17. The van der Waals surface area contributed by atoms with Crippen molar-refractivity contribution in [2.75, 3.05) is 20.3 Å². The highest BCUT2D eigenvalue weighted by Crippen LogP contribution is 2.28. The molecule has 5 nitrogen and oxygen atoms in total. The quantitative estimate of drug-likeness (QED) is 0.736. The van der Waals surface area contributed by atoms with Gasteiger partial charge in [-0.2, -0.15) is 0 Å². The summed E-state index contributed by atoms with van der Waals surface area (Å²) < 4.78 is 8.62. The molecular formula is C18H19N3O2S. The van der Waals surface area contributed by atoms with Crippen molar-refractivity contribution in [3.63, 3.8) is 0 Å². The normalized spacial score (nSPS) is 17.7. The summed E-state index contributed by atoms with van der Waals surface area (Å²) in [7, 11) is 1.71. The average Bonchev–Trinajstić information content (AvgIpc) is 3.17. The van der Waals surface area contributed by atoms with Gasteiger partial charge in [-0.15, -0.1) is 11.3 Å². The van der Waals surface area contributed by atoms with Gasteiger partial charge in [0, 0.05) is 47.8 Å². The number of aromatic nitrogens is 2. The number of thiophene rings is 1. The molecule has 4 rings (SSSR count). The van der Waals surface area contributed by atoms with E-state index in [9.17, 15) is 4.79 Å². The molecule has 1 amide bonds. The van der Waals surface area contributed by atoms with Crippen molar-refractivity contribution in [1.29, 1.82) is 0 Å². The van der Waals surface area contributed by atoms with E-state index >= 15 is 0 Å². The molecule has 0 unspecified atom stereocenters. The number of nitrogens with zero attached hydrogens (tertiary/aromatic N) is 3. The van der Waals surface area contributed by atoms with E-state index in [1.54, 1.807) is 18.4 Å². The number of hydrogen-bond donors (Lipinski definition) is 0. The van der Waals surface area contributed by atoms with E-state index in [2.05, 4.69) is 15.6 Å². The monoisotopic (exact) mass is 341 g/mol. The van der Waals surface area contributed by atoms with Gasteiger partial charge in [0.15, 0.2) is 0 Å². The number of rotatable bonds is 3. The third kappa shape index (κ3) is 2.72. The van der Waals surface area contributed by atoms with Crippen LogP contribution >= 0.6 is 11.3 Å². The fraction of sp³-hybridized carbons (Fsp3) is 0.333. The smallest absolute Gasteiger partial charge is 0.255 e. The average molecular weight is 341 g/mol. The van der Waals surface area contributed by atoms with E-state index in [-0.39, 0.29) is 11.8 Å². The molecule has 24 heavy (non-hydrogen) atoms. The molecule has 0 spiro atoms. The van der Waals surface area contributed by atoms with Gasteiger partial charge in [-0.1, -0.05) is 18.2 Å². The van der Waals surface area contributed by atoms with Crippen molar-refractivity contribution >= 4 is 27.3 Å². The Morgan fingerprint density at radius 1 is 1.38 bits per heavy atom. The van der Waals surface area contributed by atoms with Crippen molar-refractivity contribution in [3.8, 4) is 0 Å². The lowest BCUT2D eigenvalue weighted by Gasteiger charge is -2.23. The molecule has 1 aliphatic rings. The Hall–Kier alpha value is -2.18. The van der Waals surface area contributed by atoms with Crippen LogP contribution in [0.5, 0.6) is 0 Å². The minimum atomic E-state index is 0.0863. The zero-order valence-corrected chi connectivity index (χ0v) is 14.3. The topological polar surface area (TPSA) is 47.4 Å². The second kappa shape index (κ2) is 6.37. The van der Waals surface area contributed by atoms with Gasteiger partial charge < -0.3 is 14.2 Å². The number of amides is 1. The summed E-state index contributed by atoms with van der Waals surface area (Å²) in [5.74, 6) is 0.350. The summed E-state index contributed by atoms with van der Waals surface area (Å²) in [6.07, 6.45) is 3.69. The summed E-state index contributed by atoms with van der Waals surface area (Å²) in [6.45, 7) is 2.74. The standard InChI is InChI=1S/C18H19N3O2S/c1-23-10-13-7-20(9-14-6-19-12-21(14)8-13)18(22)16-11-24-17-5-3-2-4-15(16)17/h2-6,11-13H,7-10H2,1H3/t13-/m1/s1. The van der Waals surface area contributed by atoms with Crippen LogP contribution in [0.25, 0.3) is 10.1 Å². The van der Waals surface area contributed by atoms with Gasteiger partial charge in [-0.25, -0.2) is 4.98 Å². The van der Waals surface area contributed by atoms with Gasteiger partial charge in [-0.3, -0.25) is 4.79 Å². The molecule has 1 aromatic carbocycles. The molecular weight excluding hydrogens is 322 g/mol. The van der Waals surface area contributed by atoms with Crippen molar-refractivity contribution < 1.29 is 9.53 Å². The Balaban J connectivity index is 1.67. The molecule has 0 radical (unpaired) electrons. The van der Waals surface area contributed by atoms with Crippen LogP contribution in [0.1, 0.15) is 16.1 Å². The van der Waals surface area contributed by atoms with Gasteiger partial charge in [0.05, 0.1) is 30.7 Å². The van der Waals surface area contributed by atoms with Crippen molar-refractivity contribution in [2.45, 2.75) is 13.1 Å². The number of hydrogen-bond acceptors (Lipinski definition) is 4. The second-order valence-corrected chi connectivity index (χ2v) is 7.10. The van der Waals surface area contributed by atoms with Crippen LogP contribution in [0.15, 0.2) is 42.2 Å². The minimum absolute atomic E-state index is 0.0863. The lowest BCUT2D eigenvalue weighted by Crippen LogP contribution is -2.35. The lowest BCUT2D eigenvalue weighted by molar-refractivity contribution is 0.0669. The molecule has 0 N–H and O–H groups in total. The molecule has 0 saturated carbocycles. The number of benzene rings is 1. The van der Waals surface area contributed by atoms with E-state index < -0.39 is 0 Å². The largest absolute Gasteiger partial charge is 0.384 e. The first-order chi connectivity index (χ1) is 11.8. The van der Waals surface area contributed by atoms with Crippen LogP contribution < -0.4 is 0 Å². The Kier molecular flexibility index (Phi) is 4.08. The van der Waals surface area contributed by atoms with Crippen LogP contribution in [0.4, 0.5) is 0 Å². The lowest BCUT2D eigenvalue weighted by atomic mass is 10.1. The van der Waals surface area contributed by atoms with E-state index in [4.69, 9.17) is 4.74 Å². The summed E-state index contributed by atoms with van der Waals surface area (Å²) >= 11 is 1.62. The molecule has 6 heteroatoms. The SMILES string of the molecule is COC[C@@H]1CN(C(=O)c2csc3ccccc23)Cc2cncn2C1. The van der Waals surface area contributed by atoms with Crippen molar-refractivity contribution in [2.24, 2.45) is 5.92 Å². The third-order valence-electron chi connectivity index (χ3n) is 4.49. The maximum atomic E-state index is 13.2. The Morgan fingerprint density at radius 2 is 2.25 bits per heavy atom.